The van der Waals surface area contributed by atoms with Crippen LogP contribution in [-0.2, 0) is 9.53 Å². The highest BCUT2D eigenvalue weighted by Crippen LogP contribution is 2.31. The lowest BCUT2D eigenvalue weighted by atomic mass is 9.81. The van der Waals surface area contributed by atoms with Gasteiger partial charge < -0.3 is 4.74 Å². The molecule has 2 aliphatic carbocycles. The molecule has 0 aromatic rings. The average molecular weight is 262 g/mol. The number of esters is 1. The second-order valence-corrected chi connectivity index (χ2v) is 6.08. The normalized spacial score (nSPS) is 29.2. The summed E-state index contributed by atoms with van der Waals surface area (Å²) in [6.07, 6.45) is 13.7. The predicted molar refractivity (Wildman–Crippen MR) is 77.8 cm³/mol. The van der Waals surface area contributed by atoms with Crippen LogP contribution in [0.5, 0.6) is 0 Å². The molecule has 0 radical (unpaired) electrons. The van der Waals surface area contributed by atoms with E-state index < -0.39 is 0 Å². The molecule has 0 aliphatic heterocycles. The fourth-order valence-corrected chi connectivity index (χ4v) is 3.30. The number of hydrogen-bond donors (Lipinski definition) is 0. The topological polar surface area (TPSA) is 26.3 Å². The van der Waals surface area contributed by atoms with Crippen molar-refractivity contribution in [2.24, 2.45) is 11.8 Å². The first-order chi connectivity index (χ1) is 9.19. The van der Waals surface area contributed by atoms with E-state index in [1.165, 1.54) is 32.1 Å². The quantitative estimate of drug-likeness (QED) is 0.426. The first-order valence-corrected chi connectivity index (χ1v) is 7.71. The summed E-state index contributed by atoms with van der Waals surface area (Å²) in [5.41, 5.74) is 0.793. The molecule has 0 spiro atoms. The molecule has 19 heavy (non-hydrogen) atoms. The molecule has 2 saturated carbocycles. The van der Waals surface area contributed by atoms with E-state index in [0.29, 0.717) is 11.8 Å². The molecule has 0 aromatic heterocycles. The van der Waals surface area contributed by atoms with Gasteiger partial charge in [-0.1, -0.05) is 18.6 Å². The van der Waals surface area contributed by atoms with Gasteiger partial charge in [0.05, 0.1) is 0 Å². The van der Waals surface area contributed by atoms with Crippen LogP contribution >= 0.6 is 0 Å². The predicted octanol–water partition coefficient (Wildman–Crippen LogP) is 4.41. The van der Waals surface area contributed by atoms with Crippen LogP contribution in [0.1, 0.15) is 58.3 Å². The second-order valence-electron chi connectivity index (χ2n) is 6.08. The lowest BCUT2D eigenvalue weighted by Gasteiger charge is -2.25. The molecule has 0 bridgehead atoms. The Morgan fingerprint density at radius 1 is 1.11 bits per heavy atom. The minimum atomic E-state index is -0.104. The van der Waals surface area contributed by atoms with Crippen molar-refractivity contribution in [3.63, 3.8) is 0 Å². The fourth-order valence-electron chi connectivity index (χ4n) is 3.30. The zero-order valence-corrected chi connectivity index (χ0v) is 12.1. The van der Waals surface area contributed by atoms with Crippen LogP contribution in [0.2, 0.25) is 0 Å². The van der Waals surface area contributed by atoms with Crippen LogP contribution in [0, 0.1) is 11.8 Å². The number of carbonyl (C=O) groups excluding carboxylic acids is 1. The smallest absolute Gasteiger partial charge is 0.333 e. The molecule has 2 rings (SSSR count). The van der Waals surface area contributed by atoms with Gasteiger partial charge in [-0.15, -0.1) is 6.58 Å². The molecule has 0 aromatic carbocycles. The maximum Gasteiger partial charge on any atom is 0.333 e. The van der Waals surface area contributed by atoms with E-state index in [4.69, 9.17) is 4.74 Å². The van der Waals surface area contributed by atoms with Crippen LogP contribution in [0.25, 0.3) is 0 Å². The summed E-state index contributed by atoms with van der Waals surface area (Å²) in [5.74, 6) is 1.04. The Balaban J connectivity index is 1.86. The first kappa shape index (κ1) is 14.4. The van der Waals surface area contributed by atoms with Crippen molar-refractivity contribution in [3.8, 4) is 0 Å². The number of allylic oxidation sites excluding steroid dienone is 2. The summed E-state index contributed by atoms with van der Waals surface area (Å²) in [4.78, 5) is 12.0. The van der Waals surface area contributed by atoms with Gasteiger partial charge in [0.25, 0.3) is 0 Å². The Morgan fingerprint density at radius 3 is 2.47 bits per heavy atom. The summed E-state index contributed by atoms with van der Waals surface area (Å²) in [5, 5.41) is 0. The number of rotatable bonds is 4. The van der Waals surface area contributed by atoms with Gasteiger partial charge in [0.1, 0.15) is 6.10 Å². The number of ether oxygens (including phenoxy) is 1. The van der Waals surface area contributed by atoms with Crippen LogP contribution in [-0.4, -0.2) is 12.1 Å². The van der Waals surface area contributed by atoms with E-state index in [1.54, 1.807) is 0 Å². The molecule has 0 heterocycles. The highest BCUT2D eigenvalue weighted by Gasteiger charge is 2.22. The zero-order valence-electron chi connectivity index (χ0n) is 12.1. The van der Waals surface area contributed by atoms with Gasteiger partial charge in [0.2, 0.25) is 0 Å². The molecule has 2 heteroatoms. The minimum Gasteiger partial charge on any atom is -0.459 e. The van der Waals surface area contributed by atoms with Gasteiger partial charge in [0.15, 0.2) is 0 Å². The largest absolute Gasteiger partial charge is 0.459 e. The van der Waals surface area contributed by atoms with Gasteiger partial charge in [-0.05, 0) is 63.7 Å². The van der Waals surface area contributed by atoms with Crippen molar-refractivity contribution in [3.05, 3.63) is 24.3 Å². The molecular formula is C17H26O2. The van der Waals surface area contributed by atoms with Gasteiger partial charge in [0, 0.05) is 5.57 Å². The van der Waals surface area contributed by atoms with Crippen LogP contribution < -0.4 is 0 Å². The second kappa shape index (κ2) is 6.93. The third kappa shape index (κ3) is 4.22. The van der Waals surface area contributed by atoms with Gasteiger partial charge in [-0.2, -0.15) is 0 Å². The van der Waals surface area contributed by atoms with E-state index in [2.05, 4.69) is 18.7 Å². The third-order valence-electron chi connectivity index (χ3n) is 4.47. The SMILES string of the molecule is C=CC1CCCC(C=C(C)C(=O)OC2CCCC2)C1. The number of carbonyl (C=O) groups is 1. The molecule has 106 valence electrons. The standard InChI is InChI=1S/C17H26O2/c1-3-14-7-6-8-15(12-14)11-13(2)17(18)19-16-9-4-5-10-16/h3,11,14-16H,1,4-10,12H2,2H3. The lowest BCUT2D eigenvalue weighted by Crippen LogP contribution is -2.17. The summed E-state index contributed by atoms with van der Waals surface area (Å²) in [7, 11) is 0. The average Bonchev–Trinajstić information content (AvgIpc) is 2.91. The summed E-state index contributed by atoms with van der Waals surface area (Å²) in [6, 6.07) is 0. The highest BCUT2D eigenvalue weighted by atomic mass is 16.5. The molecule has 2 aliphatic rings. The molecule has 2 nitrogen and oxygen atoms in total. The Kier molecular flexibility index (Phi) is 5.24. The van der Waals surface area contributed by atoms with Crippen LogP contribution in [0.4, 0.5) is 0 Å². The van der Waals surface area contributed by atoms with E-state index >= 15 is 0 Å². The fraction of sp³-hybridized carbons (Fsp3) is 0.706. The first-order valence-electron chi connectivity index (χ1n) is 7.71. The Bertz CT molecular complexity index is 350. The molecule has 0 N–H and O–H groups in total. The van der Waals surface area contributed by atoms with Crippen molar-refractivity contribution in [1.29, 1.82) is 0 Å². The zero-order chi connectivity index (χ0) is 13.7. The van der Waals surface area contributed by atoms with Gasteiger partial charge in [-0.25, -0.2) is 4.79 Å². The van der Waals surface area contributed by atoms with Crippen molar-refractivity contribution in [1.82, 2.24) is 0 Å². The highest BCUT2D eigenvalue weighted by molar-refractivity contribution is 5.87. The minimum absolute atomic E-state index is 0.104. The maximum atomic E-state index is 12.0. The van der Waals surface area contributed by atoms with E-state index in [1.807, 2.05) is 6.92 Å². The van der Waals surface area contributed by atoms with Crippen molar-refractivity contribution in [2.45, 2.75) is 64.4 Å². The van der Waals surface area contributed by atoms with E-state index in [-0.39, 0.29) is 12.1 Å². The van der Waals surface area contributed by atoms with E-state index in [9.17, 15) is 4.79 Å². The Hall–Kier alpha value is -1.05. The summed E-state index contributed by atoms with van der Waals surface area (Å²) < 4.78 is 5.54. The third-order valence-corrected chi connectivity index (χ3v) is 4.47. The monoisotopic (exact) mass is 262 g/mol. The molecule has 2 unspecified atom stereocenters. The maximum absolute atomic E-state index is 12.0. The summed E-state index contributed by atoms with van der Waals surface area (Å²) >= 11 is 0. The van der Waals surface area contributed by atoms with Gasteiger partial charge >= 0.3 is 5.97 Å². The van der Waals surface area contributed by atoms with Crippen molar-refractivity contribution >= 4 is 5.97 Å². The van der Waals surface area contributed by atoms with Crippen molar-refractivity contribution < 1.29 is 9.53 Å². The molecule has 0 amide bonds. The summed E-state index contributed by atoms with van der Waals surface area (Å²) in [6.45, 7) is 5.79. The molecular weight excluding hydrogens is 236 g/mol. The lowest BCUT2D eigenvalue weighted by molar-refractivity contribution is -0.143. The Labute approximate surface area is 116 Å². The molecule has 2 fully saturated rings. The molecule has 2 atom stereocenters. The van der Waals surface area contributed by atoms with Crippen LogP contribution in [0.15, 0.2) is 24.3 Å². The molecule has 0 saturated heterocycles. The van der Waals surface area contributed by atoms with E-state index in [0.717, 1.165) is 24.8 Å². The Morgan fingerprint density at radius 2 is 1.79 bits per heavy atom. The number of hydrogen-bond acceptors (Lipinski definition) is 2. The van der Waals surface area contributed by atoms with Gasteiger partial charge in [-0.3, -0.25) is 0 Å². The van der Waals surface area contributed by atoms with Crippen molar-refractivity contribution in [2.75, 3.05) is 0 Å². The van der Waals surface area contributed by atoms with Crippen LogP contribution in [0.3, 0.4) is 0 Å².